The molecule has 2 aromatic heterocycles. The van der Waals surface area contributed by atoms with Crippen molar-refractivity contribution >= 4 is 0 Å². The smallest absolute Gasteiger partial charge is 0.275 e. The van der Waals surface area contributed by atoms with Crippen LogP contribution in [0.2, 0.25) is 0 Å². The highest BCUT2D eigenvalue weighted by molar-refractivity contribution is 5.51. The van der Waals surface area contributed by atoms with Gasteiger partial charge in [-0.25, -0.2) is 9.36 Å². The summed E-state index contributed by atoms with van der Waals surface area (Å²) in [5.41, 5.74) is 7.32. The highest BCUT2D eigenvalue weighted by Crippen LogP contribution is 2.35. The summed E-state index contributed by atoms with van der Waals surface area (Å²) in [6, 6.07) is 25.5. The second-order valence-corrected chi connectivity index (χ2v) is 9.74. The largest absolute Gasteiger partial charge is 0.285 e. The Bertz CT molecular complexity index is 1610. The van der Waals surface area contributed by atoms with E-state index < -0.39 is 5.92 Å². The van der Waals surface area contributed by atoms with Gasteiger partial charge in [0.05, 0.1) is 22.5 Å². The van der Waals surface area contributed by atoms with Gasteiger partial charge in [0.1, 0.15) is 0 Å². The van der Waals surface area contributed by atoms with Gasteiger partial charge in [0.15, 0.2) is 0 Å². The quantitative estimate of drug-likeness (QED) is 0.344. The third-order valence-electron chi connectivity index (χ3n) is 7.52. The summed E-state index contributed by atoms with van der Waals surface area (Å²) >= 11 is 0. The minimum absolute atomic E-state index is 0.119. The van der Waals surface area contributed by atoms with Crippen LogP contribution in [0.3, 0.4) is 0 Å². The molecule has 37 heavy (non-hydrogen) atoms. The van der Waals surface area contributed by atoms with Crippen LogP contribution in [0.5, 0.6) is 0 Å². The lowest BCUT2D eigenvalue weighted by Crippen LogP contribution is -2.26. The molecule has 0 unspecified atom stereocenters. The van der Waals surface area contributed by atoms with Crippen molar-refractivity contribution in [3.05, 3.63) is 139 Å². The molecule has 6 nitrogen and oxygen atoms in total. The van der Waals surface area contributed by atoms with E-state index in [-0.39, 0.29) is 11.1 Å². The fraction of sp³-hybridized carbons (Fsp3) is 0.226. The van der Waals surface area contributed by atoms with Crippen molar-refractivity contribution in [2.24, 2.45) is 14.1 Å². The molecule has 0 saturated heterocycles. The summed E-state index contributed by atoms with van der Waals surface area (Å²) in [4.78, 5) is 28.4. The molecule has 0 spiro atoms. The van der Waals surface area contributed by atoms with Crippen molar-refractivity contribution in [1.82, 2.24) is 18.7 Å². The summed E-state index contributed by atoms with van der Waals surface area (Å²) < 4.78 is 7.16. The van der Waals surface area contributed by atoms with Crippen molar-refractivity contribution in [3.8, 4) is 11.4 Å². The molecule has 5 aromatic rings. The van der Waals surface area contributed by atoms with E-state index in [2.05, 4.69) is 18.2 Å². The van der Waals surface area contributed by atoms with Crippen LogP contribution in [-0.2, 0) is 14.1 Å². The third-order valence-corrected chi connectivity index (χ3v) is 7.52. The summed E-state index contributed by atoms with van der Waals surface area (Å²) in [6.07, 6.45) is 0. The molecule has 0 aliphatic carbocycles. The Morgan fingerprint density at radius 1 is 0.595 bits per heavy atom. The van der Waals surface area contributed by atoms with E-state index in [1.165, 1.54) is 0 Å². The lowest BCUT2D eigenvalue weighted by atomic mass is 9.82. The van der Waals surface area contributed by atoms with Crippen LogP contribution in [0, 0.1) is 27.7 Å². The van der Waals surface area contributed by atoms with Crippen LogP contribution < -0.4 is 11.1 Å². The maximum Gasteiger partial charge on any atom is 0.275 e. The van der Waals surface area contributed by atoms with Gasteiger partial charge in [-0.2, -0.15) is 0 Å². The standard InChI is InChI=1S/C31H32N4O2/c1-20-17-18-21(2)26(19-20)29(27-22(3)32(5)34(30(27)36)24-13-9-7-10-14-24)28-23(4)33(6)35(31(28)37)25-15-11-8-12-16-25/h7-19,29H,1-6H3. The number of para-hydroxylation sites is 2. The molecule has 2 heterocycles. The monoisotopic (exact) mass is 492 g/mol. The fourth-order valence-corrected chi connectivity index (χ4v) is 5.37. The zero-order valence-corrected chi connectivity index (χ0v) is 22.2. The first-order chi connectivity index (χ1) is 17.7. The van der Waals surface area contributed by atoms with E-state index in [1.807, 2.05) is 112 Å². The molecular weight excluding hydrogens is 460 g/mol. The number of aryl methyl sites for hydroxylation is 2. The topological polar surface area (TPSA) is 53.9 Å². The average molecular weight is 493 g/mol. The molecular formula is C31H32N4O2. The van der Waals surface area contributed by atoms with Crippen molar-refractivity contribution in [1.29, 1.82) is 0 Å². The van der Waals surface area contributed by atoms with Gasteiger partial charge >= 0.3 is 0 Å². The molecule has 0 saturated carbocycles. The molecule has 3 aromatic carbocycles. The second-order valence-electron chi connectivity index (χ2n) is 9.74. The number of hydrogen-bond donors (Lipinski definition) is 0. The zero-order valence-electron chi connectivity index (χ0n) is 22.2. The molecule has 6 heteroatoms. The highest BCUT2D eigenvalue weighted by atomic mass is 16.1. The van der Waals surface area contributed by atoms with Gasteiger partial charge in [-0.1, -0.05) is 60.2 Å². The summed E-state index contributed by atoms with van der Waals surface area (Å²) in [6.45, 7) is 8.01. The molecule has 0 amide bonds. The molecule has 0 radical (unpaired) electrons. The molecule has 0 aliphatic heterocycles. The Morgan fingerprint density at radius 2 is 1.03 bits per heavy atom. The van der Waals surface area contributed by atoms with Gasteiger partial charge in [-0.3, -0.25) is 19.0 Å². The van der Waals surface area contributed by atoms with Crippen LogP contribution >= 0.6 is 0 Å². The van der Waals surface area contributed by atoms with Crippen LogP contribution in [-0.4, -0.2) is 18.7 Å². The Hall–Kier alpha value is -4.32. The highest BCUT2D eigenvalue weighted by Gasteiger charge is 2.33. The van der Waals surface area contributed by atoms with Crippen LogP contribution in [0.25, 0.3) is 11.4 Å². The first-order valence-corrected chi connectivity index (χ1v) is 12.5. The van der Waals surface area contributed by atoms with Crippen LogP contribution in [0.1, 0.15) is 45.1 Å². The van der Waals surface area contributed by atoms with Gasteiger partial charge in [-0.05, 0) is 63.1 Å². The summed E-state index contributed by atoms with van der Waals surface area (Å²) in [5.74, 6) is -0.521. The van der Waals surface area contributed by atoms with E-state index in [4.69, 9.17) is 0 Å². The molecule has 0 atom stereocenters. The predicted octanol–water partition coefficient (Wildman–Crippen LogP) is 5.08. The zero-order chi connectivity index (χ0) is 26.4. The summed E-state index contributed by atoms with van der Waals surface area (Å²) in [5, 5.41) is 0. The lowest BCUT2D eigenvalue weighted by molar-refractivity contribution is 0.630. The second kappa shape index (κ2) is 9.28. The van der Waals surface area contributed by atoms with Crippen molar-refractivity contribution < 1.29 is 0 Å². The van der Waals surface area contributed by atoms with Gasteiger partial charge < -0.3 is 0 Å². The number of hydrogen-bond acceptors (Lipinski definition) is 2. The van der Waals surface area contributed by atoms with Crippen LogP contribution in [0.15, 0.2) is 88.5 Å². The van der Waals surface area contributed by atoms with Gasteiger partial charge in [0.25, 0.3) is 11.1 Å². The molecule has 5 rings (SSSR count). The van der Waals surface area contributed by atoms with E-state index in [9.17, 15) is 9.59 Å². The Labute approximate surface area is 216 Å². The molecule has 188 valence electrons. The molecule has 0 fully saturated rings. The normalized spacial score (nSPS) is 11.4. The first kappa shape index (κ1) is 24.4. The molecule has 0 N–H and O–H groups in total. The average Bonchev–Trinajstić information content (AvgIpc) is 3.25. The minimum atomic E-state index is -0.521. The number of nitrogens with zero attached hydrogens (tertiary/aromatic N) is 4. The Kier molecular flexibility index (Phi) is 6.12. The molecule has 0 aliphatic rings. The van der Waals surface area contributed by atoms with Crippen molar-refractivity contribution in [2.45, 2.75) is 33.6 Å². The van der Waals surface area contributed by atoms with Gasteiger partial charge in [0.2, 0.25) is 0 Å². The summed E-state index contributed by atoms with van der Waals surface area (Å²) in [7, 11) is 3.79. The van der Waals surface area contributed by atoms with E-state index in [0.29, 0.717) is 11.1 Å². The molecule has 0 bridgehead atoms. The van der Waals surface area contributed by atoms with E-state index in [1.54, 1.807) is 9.36 Å². The SMILES string of the molecule is Cc1ccc(C)c(C(c2c(C)n(C)n(-c3ccccc3)c2=O)c2c(C)n(C)n(-c3ccccc3)c2=O)c1. The van der Waals surface area contributed by atoms with Crippen molar-refractivity contribution in [2.75, 3.05) is 0 Å². The Balaban J connectivity index is 1.88. The van der Waals surface area contributed by atoms with Crippen LogP contribution in [0.4, 0.5) is 0 Å². The van der Waals surface area contributed by atoms with E-state index in [0.717, 1.165) is 39.5 Å². The minimum Gasteiger partial charge on any atom is -0.285 e. The first-order valence-electron chi connectivity index (χ1n) is 12.5. The predicted molar refractivity (Wildman–Crippen MR) is 148 cm³/mol. The fourth-order valence-electron chi connectivity index (χ4n) is 5.37. The van der Waals surface area contributed by atoms with Gasteiger partial charge in [-0.15, -0.1) is 0 Å². The van der Waals surface area contributed by atoms with E-state index >= 15 is 0 Å². The van der Waals surface area contributed by atoms with Crippen molar-refractivity contribution in [3.63, 3.8) is 0 Å². The number of rotatable bonds is 5. The number of aromatic nitrogens is 4. The third kappa shape index (κ3) is 3.89. The maximum absolute atomic E-state index is 14.2. The lowest BCUT2D eigenvalue weighted by Gasteiger charge is -2.19. The van der Waals surface area contributed by atoms with Gasteiger partial charge in [0, 0.05) is 31.4 Å². The Morgan fingerprint density at radius 3 is 1.46 bits per heavy atom. The number of benzene rings is 3. The maximum atomic E-state index is 14.2.